The lowest BCUT2D eigenvalue weighted by Gasteiger charge is -2.22. The number of nitrogens with one attached hydrogen (secondary N) is 1. The van der Waals surface area contributed by atoms with Gasteiger partial charge < -0.3 is 5.32 Å². The Bertz CT molecular complexity index is 656. The van der Waals surface area contributed by atoms with Crippen LogP contribution in [0.1, 0.15) is 48.1 Å². The summed E-state index contributed by atoms with van der Waals surface area (Å²) in [5.41, 5.74) is 6.77. The van der Waals surface area contributed by atoms with Gasteiger partial charge in [0.1, 0.15) is 0 Å². The maximum Gasteiger partial charge on any atom is 0.159 e. The van der Waals surface area contributed by atoms with E-state index in [0.717, 1.165) is 42.3 Å². The van der Waals surface area contributed by atoms with Crippen molar-refractivity contribution in [1.29, 1.82) is 0 Å². The highest BCUT2D eigenvalue weighted by Gasteiger charge is 2.20. The number of hydrogen-bond acceptors (Lipinski definition) is 4. The van der Waals surface area contributed by atoms with E-state index in [1.165, 1.54) is 17.0 Å². The molecule has 2 aromatic rings. The molecule has 3 rings (SSSR count). The second-order valence-corrected chi connectivity index (χ2v) is 6.08. The summed E-state index contributed by atoms with van der Waals surface area (Å²) < 4.78 is 0. The third kappa shape index (κ3) is 2.81. The largest absolute Gasteiger partial charge is 0.312 e. The molecule has 3 heterocycles. The van der Waals surface area contributed by atoms with Crippen molar-refractivity contribution in [2.45, 2.75) is 46.6 Å². The third-order valence-electron chi connectivity index (χ3n) is 3.85. The van der Waals surface area contributed by atoms with Crippen LogP contribution in [0.4, 0.5) is 0 Å². The van der Waals surface area contributed by atoms with E-state index in [0.29, 0.717) is 5.92 Å². The van der Waals surface area contributed by atoms with Gasteiger partial charge in [0, 0.05) is 42.0 Å². The van der Waals surface area contributed by atoms with Crippen LogP contribution in [0.5, 0.6) is 0 Å². The van der Waals surface area contributed by atoms with Gasteiger partial charge in [0.05, 0.1) is 11.4 Å². The van der Waals surface area contributed by atoms with Crippen LogP contribution in [0.3, 0.4) is 0 Å². The van der Waals surface area contributed by atoms with E-state index in [1.54, 1.807) is 0 Å². The number of rotatable bonds is 2. The van der Waals surface area contributed by atoms with Crippen LogP contribution >= 0.6 is 0 Å². The Kier molecular flexibility index (Phi) is 3.72. The van der Waals surface area contributed by atoms with E-state index in [9.17, 15) is 0 Å². The molecular formula is C17H22N4. The fourth-order valence-corrected chi connectivity index (χ4v) is 2.94. The van der Waals surface area contributed by atoms with Gasteiger partial charge in [-0.2, -0.15) is 0 Å². The quantitative estimate of drug-likeness (QED) is 0.920. The highest BCUT2D eigenvalue weighted by atomic mass is 15.0. The minimum absolute atomic E-state index is 0.407. The van der Waals surface area contributed by atoms with Gasteiger partial charge in [0.25, 0.3) is 0 Å². The standard InChI is InChI=1S/C17H22N4/c1-10(2)16-14-9-18-6-5-15(14)20-17(21-16)13-7-11(3)19-12(4)8-13/h7-8,10,18H,5-6,9H2,1-4H3. The van der Waals surface area contributed by atoms with Crippen molar-refractivity contribution in [2.75, 3.05) is 6.54 Å². The molecule has 0 radical (unpaired) electrons. The average molecular weight is 282 g/mol. The zero-order valence-electron chi connectivity index (χ0n) is 13.2. The van der Waals surface area contributed by atoms with E-state index in [-0.39, 0.29) is 0 Å². The Labute approximate surface area is 126 Å². The van der Waals surface area contributed by atoms with Crippen molar-refractivity contribution < 1.29 is 0 Å². The molecule has 0 saturated heterocycles. The van der Waals surface area contributed by atoms with Gasteiger partial charge in [-0.1, -0.05) is 13.8 Å². The van der Waals surface area contributed by atoms with Gasteiger partial charge in [-0.05, 0) is 31.9 Å². The summed E-state index contributed by atoms with van der Waals surface area (Å²) in [6.45, 7) is 10.3. The van der Waals surface area contributed by atoms with E-state index in [2.05, 4.69) is 36.3 Å². The van der Waals surface area contributed by atoms with Gasteiger partial charge in [-0.25, -0.2) is 9.97 Å². The normalized spacial score (nSPS) is 14.3. The van der Waals surface area contributed by atoms with Crippen LogP contribution < -0.4 is 5.32 Å². The summed E-state index contributed by atoms with van der Waals surface area (Å²) in [4.78, 5) is 14.1. The molecule has 0 atom stereocenters. The van der Waals surface area contributed by atoms with Crippen molar-refractivity contribution in [2.24, 2.45) is 0 Å². The molecule has 0 saturated carbocycles. The molecule has 110 valence electrons. The van der Waals surface area contributed by atoms with Crippen LogP contribution in [0, 0.1) is 13.8 Å². The molecule has 4 nitrogen and oxygen atoms in total. The molecule has 0 fully saturated rings. The topological polar surface area (TPSA) is 50.7 Å². The highest BCUT2D eigenvalue weighted by Crippen LogP contribution is 2.26. The van der Waals surface area contributed by atoms with E-state index >= 15 is 0 Å². The van der Waals surface area contributed by atoms with E-state index < -0.39 is 0 Å². The van der Waals surface area contributed by atoms with Crippen LogP contribution in [-0.2, 0) is 13.0 Å². The maximum absolute atomic E-state index is 4.86. The van der Waals surface area contributed by atoms with Crippen molar-refractivity contribution in [1.82, 2.24) is 20.3 Å². The summed E-state index contributed by atoms with van der Waals surface area (Å²) in [7, 11) is 0. The smallest absolute Gasteiger partial charge is 0.159 e. The molecule has 0 aliphatic carbocycles. The molecule has 1 aliphatic heterocycles. The van der Waals surface area contributed by atoms with E-state index in [4.69, 9.17) is 9.97 Å². The summed E-state index contributed by atoms with van der Waals surface area (Å²) in [5.74, 6) is 1.25. The number of hydrogen-bond donors (Lipinski definition) is 1. The molecule has 4 heteroatoms. The summed E-state index contributed by atoms with van der Waals surface area (Å²) in [6.07, 6.45) is 0.980. The molecule has 0 aromatic carbocycles. The van der Waals surface area contributed by atoms with E-state index in [1.807, 2.05) is 13.8 Å². The number of nitrogens with zero attached hydrogens (tertiary/aromatic N) is 3. The lowest BCUT2D eigenvalue weighted by Crippen LogP contribution is -2.27. The molecular weight excluding hydrogens is 260 g/mol. The summed E-state index contributed by atoms with van der Waals surface area (Å²) in [5, 5.41) is 3.42. The second-order valence-electron chi connectivity index (χ2n) is 6.08. The number of aromatic nitrogens is 3. The minimum atomic E-state index is 0.407. The second kappa shape index (κ2) is 5.53. The average Bonchev–Trinajstić information content (AvgIpc) is 2.45. The van der Waals surface area contributed by atoms with Crippen LogP contribution in [0.15, 0.2) is 12.1 Å². The number of fused-ring (bicyclic) bond motifs is 1. The molecule has 0 bridgehead atoms. The molecule has 21 heavy (non-hydrogen) atoms. The molecule has 2 aromatic heterocycles. The molecule has 0 spiro atoms. The molecule has 0 amide bonds. The summed E-state index contributed by atoms with van der Waals surface area (Å²) >= 11 is 0. The number of aryl methyl sites for hydroxylation is 2. The van der Waals surface area contributed by atoms with Crippen LogP contribution in [0.25, 0.3) is 11.4 Å². The predicted molar refractivity (Wildman–Crippen MR) is 84.2 cm³/mol. The van der Waals surface area contributed by atoms with Gasteiger partial charge in [0.15, 0.2) is 5.82 Å². The fourth-order valence-electron chi connectivity index (χ4n) is 2.94. The molecule has 1 N–H and O–H groups in total. The Morgan fingerprint density at radius 3 is 2.43 bits per heavy atom. The highest BCUT2D eigenvalue weighted by molar-refractivity contribution is 5.57. The Balaban J connectivity index is 2.17. The molecule has 0 unspecified atom stereocenters. The maximum atomic E-state index is 4.86. The zero-order chi connectivity index (χ0) is 15.0. The third-order valence-corrected chi connectivity index (χ3v) is 3.85. The first-order valence-electron chi connectivity index (χ1n) is 7.60. The lowest BCUT2D eigenvalue weighted by molar-refractivity contribution is 0.609. The van der Waals surface area contributed by atoms with Crippen LogP contribution in [-0.4, -0.2) is 21.5 Å². The van der Waals surface area contributed by atoms with Gasteiger partial charge >= 0.3 is 0 Å². The zero-order valence-corrected chi connectivity index (χ0v) is 13.2. The summed E-state index contributed by atoms with van der Waals surface area (Å²) in [6, 6.07) is 4.14. The van der Waals surface area contributed by atoms with Crippen molar-refractivity contribution in [3.8, 4) is 11.4 Å². The molecule has 1 aliphatic rings. The Hall–Kier alpha value is -1.81. The first-order valence-corrected chi connectivity index (χ1v) is 7.60. The first kappa shape index (κ1) is 14.1. The minimum Gasteiger partial charge on any atom is -0.312 e. The van der Waals surface area contributed by atoms with Gasteiger partial charge in [-0.15, -0.1) is 0 Å². The van der Waals surface area contributed by atoms with Gasteiger partial charge in [-0.3, -0.25) is 4.98 Å². The van der Waals surface area contributed by atoms with Crippen molar-refractivity contribution in [3.63, 3.8) is 0 Å². The van der Waals surface area contributed by atoms with Gasteiger partial charge in [0.2, 0.25) is 0 Å². The fraction of sp³-hybridized carbons (Fsp3) is 0.471. The lowest BCUT2D eigenvalue weighted by atomic mass is 9.98. The first-order chi connectivity index (χ1) is 10.0. The Morgan fingerprint density at radius 1 is 1.05 bits per heavy atom. The monoisotopic (exact) mass is 282 g/mol. The van der Waals surface area contributed by atoms with Crippen LogP contribution in [0.2, 0.25) is 0 Å². The predicted octanol–water partition coefficient (Wildman–Crippen LogP) is 2.92. The van der Waals surface area contributed by atoms with Crippen molar-refractivity contribution >= 4 is 0 Å². The Morgan fingerprint density at radius 2 is 1.76 bits per heavy atom. The number of pyridine rings is 1. The SMILES string of the molecule is Cc1cc(-c2nc3c(c(C(C)C)n2)CNCC3)cc(C)n1. The van der Waals surface area contributed by atoms with Crippen molar-refractivity contribution in [3.05, 3.63) is 40.5 Å².